The number of carbonyl (C=O) groups excluding carboxylic acids is 1. The van der Waals surface area contributed by atoms with E-state index in [9.17, 15) is 4.79 Å². The van der Waals surface area contributed by atoms with Crippen LogP contribution in [0.3, 0.4) is 0 Å². The molecule has 0 radical (unpaired) electrons. The molecule has 1 unspecified atom stereocenters. The van der Waals surface area contributed by atoms with E-state index in [1.807, 2.05) is 20.9 Å². The summed E-state index contributed by atoms with van der Waals surface area (Å²) in [5.41, 5.74) is 8.58. The lowest BCUT2D eigenvalue weighted by atomic mass is 10.1. The van der Waals surface area contributed by atoms with Crippen LogP contribution in [0.2, 0.25) is 0 Å². The molecule has 2 rings (SSSR count). The van der Waals surface area contributed by atoms with Crippen molar-refractivity contribution in [2.45, 2.75) is 34.1 Å². The maximum absolute atomic E-state index is 12.6. The Morgan fingerprint density at radius 2 is 2.05 bits per heavy atom. The third-order valence-electron chi connectivity index (χ3n) is 3.96. The first kappa shape index (κ1) is 15.7. The van der Waals surface area contributed by atoms with E-state index in [1.54, 1.807) is 4.90 Å². The van der Waals surface area contributed by atoms with Crippen LogP contribution in [0.4, 0.5) is 5.69 Å². The van der Waals surface area contributed by atoms with Crippen LogP contribution < -0.4 is 5.73 Å². The fraction of sp³-hybridized carbons (Fsp3) is 0.533. The number of nitrogens with two attached hydrogens (primary N) is 1. The molecule has 2 heterocycles. The summed E-state index contributed by atoms with van der Waals surface area (Å²) >= 11 is 1.33. The van der Waals surface area contributed by atoms with Gasteiger partial charge in [0, 0.05) is 19.0 Å². The van der Waals surface area contributed by atoms with Gasteiger partial charge < -0.3 is 10.6 Å². The lowest BCUT2D eigenvalue weighted by molar-refractivity contribution is 0.0780. The number of nitrogens with zero attached hydrogens (tertiary/aromatic N) is 3. The minimum Gasteiger partial charge on any atom is -0.397 e. The number of hydrogen-bond donors (Lipinski definition) is 1. The molecule has 0 aliphatic heterocycles. The van der Waals surface area contributed by atoms with Gasteiger partial charge in [-0.2, -0.15) is 5.10 Å². The molecule has 0 saturated carbocycles. The van der Waals surface area contributed by atoms with Crippen molar-refractivity contribution < 1.29 is 4.79 Å². The predicted molar refractivity (Wildman–Crippen MR) is 87.7 cm³/mol. The van der Waals surface area contributed by atoms with E-state index in [1.165, 1.54) is 11.3 Å². The second kappa shape index (κ2) is 5.97. The highest BCUT2D eigenvalue weighted by Crippen LogP contribution is 2.35. The number of rotatable bonds is 4. The number of hydrogen-bond acceptors (Lipinski definition) is 5. The van der Waals surface area contributed by atoms with E-state index < -0.39 is 0 Å². The minimum absolute atomic E-state index is 0.0344. The zero-order chi connectivity index (χ0) is 15.7. The predicted octanol–water partition coefficient (Wildman–Crippen LogP) is 3.01. The smallest absolute Gasteiger partial charge is 0.265 e. The molecule has 0 spiro atoms. The van der Waals surface area contributed by atoms with Crippen LogP contribution in [0, 0.1) is 19.8 Å². The van der Waals surface area contributed by atoms with Crippen molar-refractivity contribution in [1.82, 2.24) is 15.1 Å². The summed E-state index contributed by atoms with van der Waals surface area (Å²) in [4.78, 5) is 15.6. The molecule has 0 aliphatic carbocycles. The highest BCUT2D eigenvalue weighted by molar-refractivity contribution is 7.21. The zero-order valence-corrected chi connectivity index (χ0v) is 14.0. The Morgan fingerprint density at radius 1 is 1.38 bits per heavy atom. The van der Waals surface area contributed by atoms with Crippen molar-refractivity contribution in [3.8, 4) is 0 Å². The van der Waals surface area contributed by atoms with Gasteiger partial charge in [0.1, 0.15) is 9.71 Å². The van der Waals surface area contributed by atoms with Crippen LogP contribution in [-0.4, -0.2) is 34.6 Å². The number of carbonyl (C=O) groups is 1. The number of anilines is 1. The third kappa shape index (κ3) is 2.85. The van der Waals surface area contributed by atoms with Gasteiger partial charge in [0.25, 0.3) is 5.91 Å². The Balaban J connectivity index is 2.41. The maximum Gasteiger partial charge on any atom is 0.265 e. The average molecular weight is 306 g/mol. The van der Waals surface area contributed by atoms with Crippen molar-refractivity contribution >= 4 is 33.1 Å². The first-order chi connectivity index (χ1) is 9.86. The normalized spacial score (nSPS) is 12.6. The molecule has 114 valence electrons. The number of aryl methyl sites for hydroxylation is 2. The van der Waals surface area contributed by atoms with Gasteiger partial charge in [-0.15, -0.1) is 16.4 Å². The Labute approximate surface area is 129 Å². The van der Waals surface area contributed by atoms with Gasteiger partial charge >= 0.3 is 0 Å². The second-order valence-electron chi connectivity index (χ2n) is 5.63. The fourth-order valence-corrected chi connectivity index (χ4v) is 3.35. The van der Waals surface area contributed by atoms with Crippen molar-refractivity contribution in [2.24, 2.45) is 5.92 Å². The van der Waals surface area contributed by atoms with Gasteiger partial charge in [-0.3, -0.25) is 4.79 Å². The molecular formula is C15H22N4OS. The summed E-state index contributed by atoms with van der Waals surface area (Å²) in [6.45, 7) is 8.85. The number of nitrogen functional groups attached to an aromatic ring is 1. The quantitative estimate of drug-likeness (QED) is 0.942. The molecule has 0 aromatic carbocycles. The molecule has 21 heavy (non-hydrogen) atoms. The lowest BCUT2D eigenvalue weighted by Crippen LogP contribution is -2.30. The molecule has 6 heteroatoms. The van der Waals surface area contributed by atoms with Crippen LogP contribution >= 0.6 is 11.3 Å². The lowest BCUT2D eigenvalue weighted by Gasteiger charge is -2.20. The number of fused-ring (bicyclic) bond motifs is 1. The van der Waals surface area contributed by atoms with Crippen LogP contribution in [0.25, 0.3) is 10.2 Å². The van der Waals surface area contributed by atoms with Gasteiger partial charge in [-0.05, 0) is 25.3 Å². The summed E-state index contributed by atoms with van der Waals surface area (Å²) in [7, 11) is 1.82. The summed E-state index contributed by atoms with van der Waals surface area (Å²) in [5.74, 6) is 0.436. The molecule has 1 amide bonds. The first-order valence-electron chi connectivity index (χ1n) is 7.14. The topological polar surface area (TPSA) is 72.1 Å². The van der Waals surface area contributed by atoms with E-state index in [0.29, 0.717) is 16.5 Å². The maximum atomic E-state index is 12.6. The van der Waals surface area contributed by atoms with Gasteiger partial charge in [0.05, 0.1) is 11.4 Å². The van der Waals surface area contributed by atoms with Crippen LogP contribution in [-0.2, 0) is 0 Å². The monoisotopic (exact) mass is 306 g/mol. The molecule has 2 aromatic rings. The average Bonchev–Trinajstić information content (AvgIpc) is 2.79. The fourth-order valence-electron chi connectivity index (χ4n) is 2.25. The number of amides is 1. The number of thiophene rings is 1. The molecule has 0 aliphatic rings. The molecule has 0 fully saturated rings. The summed E-state index contributed by atoms with van der Waals surface area (Å²) in [6, 6.07) is 0. The Morgan fingerprint density at radius 3 is 2.67 bits per heavy atom. The largest absolute Gasteiger partial charge is 0.397 e. The third-order valence-corrected chi connectivity index (χ3v) is 5.04. The summed E-state index contributed by atoms with van der Waals surface area (Å²) in [5, 5.41) is 9.14. The molecule has 2 aromatic heterocycles. The highest BCUT2D eigenvalue weighted by Gasteiger charge is 2.22. The van der Waals surface area contributed by atoms with Gasteiger partial charge in [0.2, 0.25) is 0 Å². The Bertz CT molecular complexity index is 680. The molecular weight excluding hydrogens is 284 g/mol. The van der Waals surface area contributed by atoms with Crippen molar-refractivity contribution in [1.29, 1.82) is 0 Å². The van der Waals surface area contributed by atoms with Crippen LogP contribution in [0.15, 0.2) is 0 Å². The summed E-state index contributed by atoms with van der Waals surface area (Å²) in [6.07, 6.45) is 1.04. The number of aromatic nitrogens is 2. The van der Waals surface area contributed by atoms with Crippen LogP contribution in [0.5, 0.6) is 0 Å². The molecule has 0 bridgehead atoms. The zero-order valence-electron chi connectivity index (χ0n) is 13.2. The molecule has 1 atom stereocenters. The van der Waals surface area contributed by atoms with E-state index in [0.717, 1.165) is 34.4 Å². The highest BCUT2D eigenvalue weighted by atomic mass is 32.1. The van der Waals surface area contributed by atoms with Crippen molar-refractivity contribution in [2.75, 3.05) is 19.3 Å². The minimum atomic E-state index is -0.0344. The van der Waals surface area contributed by atoms with E-state index in [4.69, 9.17) is 5.73 Å². The Hall–Kier alpha value is -1.69. The first-order valence-corrected chi connectivity index (χ1v) is 7.95. The standard InChI is InChI=1S/C15H22N4OS/c1-6-8(2)7-19(5)15(20)13-12(16)11-9(3)10(4)17-18-14(11)21-13/h8H,6-7,16H2,1-5H3. The van der Waals surface area contributed by atoms with E-state index >= 15 is 0 Å². The van der Waals surface area contributed by atoms with Crippen molar-refractivity contribution in [3.05, 3.63) is 16.1 Å². The second-order valence-corrected chi connectivity index (χ2v) is 6.63. The van der Waals surface area contributed by atoms with Gasteiger partial charge in [0.15, 0.2) is 0 Å². The van der Waals surface area contributed by atoms with Crippen molar-refractivity contribution in [3.63, 3.8) is 0 Å². The molecule has 5 nitrogen and oxygen atoms in total. The molecule has 2 N–H and O–H groups in total. The van der Waals surface area contributed by atoms with Gasteiger partial charge in [-0.25, -0.2) is 0 Å². The summed E-state index contributed by atoms with van der Waals surface area (Å²) < 4.78 is 0. The SMILES string of the molecule is CCC(C)CN(C)C(=O)c1sc2nnc(C)c(C)c2c1N. The Kier molecular flexibility index (Phi) is 4.46. The molecule has 0 saturated heterocycles. The van der Waals surface area contributed by atoms with Gasteiger partial charge in [-0.1, -0.05) is 20.3 Å². The van der Waals surface area contributed by atoms with E-state index in [-0.39, 0.29) is 5.91 Å². The van der Waals surface area contributed by atoms with E-state index in [2.05, 4.69) is 24.0 Å². The van der Waals surface area contributed by atoms with Crippen LogP contribution in [0.1, 0.15) is 41.2 Å².